The van der Waals surface area contributed by atoms with E-state index in [1.165, 1.54) is 0 Å². The van der Waals surface area contributed by atoms with Gasteiger partial charge in [-0.05, 0) is 25.5 Å². The molecular weight excluding hydrogens is 226 g/mol. The van der Waals surface area contributed by atoms with E-state index in [9.17, 15) is 4.79 Å². The molecule has 0 saturated heterocycles. The highest BCUT2D eigenvalue weighted by molar-refractivity contribution is 5.75. The number of amides is 1. The third-order valence-electron chi connectivity index (χ3n) is 3.04. The van der Waals surface area contributed by atoms with Crippen molar-refractivity contribution in [2.24, 2.45) is 0 Å². The molecule has 0 aliphatic carbocycles. The molecule has 1 N–H and O–H groups in total. The number of rotatable bonds is 5. The van der Waals surface area contributed by atoms with Gasteiger partial charge in [0.2, 0.25) is 5.91 Å². The number of imidazole rings is 1. The number of nitrogens with zero attached hydrogens (tertiary/aromatic N) is 2. The Labute approximate surface area is 107 Å². The summed E-state index contributed by atoms with van der Waals surface area (Å²) in [5.74, 6) is 0.113. The highest BCUT2D eigenvalue weighted by atomic mass is 16.1. The summed E-state index contributed by atoms with van der Waals surface area (Å²) in [6, 6.07) is 5.90. The zero-order chi connectivity index (χ0) is 13.0. The van der Waals surface area contributed by atoms with Gasteiger partial charge in [0.05, 0.1) is 17.9 Å². The second-order valence-corrected chi connectivity index (χ2v) is 4.45. The van der Waals surface area contributed by atoms with Crippen LogP contribution in [0, 0.1) is 6.92 Å². The molecule has 18 heavy (non-hydrogen) atoms. The predicted octanol–water partition coefficient (Wildman–Crippen LogP) is 2.45. The number of carbonyl (C=O) groups excluding carboxylic acids is 1. The molecule has 0 atom stereocenters. The van der Waals surface area contributed by atoms with E-state index in [0.717, 1.165) is 29.9 Å². The van der Waals surface area contributed by atoms with Crippen molar-refractivity contribution in [1.29, 1.82) is 0 Å². The van der Waals surface area contributed by atoms with Gasteiger partial charge in [0.15, 0.2) is 0 Å². The van der Waals surface area contributed by atoms with Crippen LogP contribution in [-0.2, 0) is 11.3 Å². The Morgan fingerprint density at radius 1 is 1.44 bits per heavy atom. The van der Waals surface area contributed by atoms with Crippen LogP contribution < -0.4 is 5.32 Å². The molecule has 0 fully saturated rings. The molecule has 4 heteroatoms. The molecule has 0 saturated carbocycles. The first-order valence-corrected chi connectivity index (χ1v) is 6.41. The van der Waals surface area contributed by atoms with Crippen LogP contribution in [-0.4, -0.2) is 15.3 Å². The number of pyridine rings is 1. The second kappa shape index (κ2) is 5.67. The van der Waals surface area contributed by atoms with Gasteiger partial charge in [0.25, 0.3) is 0 Å². The molecule has 2 rings (SSSR count). The van der Waals surface area contributed by atoms with Gasteiger partial charge >= 0.3 is 0 Å². The first-order valence-electron chi connectivity index (χ1n) is 6.41. The first-order chi connectivity index (χ1) is 8.72. The van der Waals surface area contributed by atoms with E-state index < -0.39 is 0 Å². The summed E-state index contributed by atoms with van der Waals surface area (Å²) >= 11 is 0. The van der Waals surface area contributed by atoms with Crippen molar-refractivity contribution in [2.75, 3.05) is 0 Å². The summed E-state index contributed by atoms with van der Waals surface area (Å²) in [5, 5.41) is 2.95. The van der Waals surface area contributed by atoms with E-state index in [-0.39, 0.29) is 5.91 Å². The Morgan fingerprint density at radius 3 is 3.06 bits per heavy atom. The lowest BCUT2D eigenvalue weighted by molar-refractivity contribution is -0.121. The summed E-state index contributed by atoms with van der Waals surface area (Å²) in [5.41, 5.74) is 2.94. The molecule has 0 aliphatic heterocycles. The van der Waals surface area contributed by atoms with E-state index in [2.05, 4.69) is 17.2 Å². The standard InChI is InChI=1S/C14H19N3O/c1-3-4-8-14(18)15-10-12-11(2)16-13-7-5-6-9-17(12)13/h5-7,9H,3-4,8,10H2,1-2H3,(H,15,18). The summed E-state index contributed by atoms with van der Waals surface area (Å²) < 4.78 is 2.02. The van der Waals surface area contributed by atoms with Crippen LogP contribution in [0.2, 0.25) is 0 Å². The molecule has 96 valence electrons. The molecule has 0 aromatic carbocycles. The Balaban J connectivity index is 2.07. The number of hydrogen-bond acceptors (Lipinski definition) is 2. The number of carbonyl (C=O) groups is 1. The minimum Gasteiger partial charge on any atom is -0.350 e. The molecular formula is C14H19N3O. The Hall–Kier alpha value is -1.84. The van der Waals surface area contributed by atoms with E-state index in [1.807, 2.05) is 35.7 Å². The zero-order valence-corrected chi connectivity index (χ0v) is 10.9. The maximum absolute atomic E-state index is 11.6. The Bertz CT molecular complexity index is 545. The van der Waals surface area contributed by atoms with Crippen molar-refractivity contribution in [3.05, 3.63) is 35.8 Å². The van der Waals surface area contributed by atoms with Crippen molar-refractivity contribution >= 4 is 11.6 Å². The van der Waals surface area contributed by atoms with Crippen molar-refractivity contribution in [1.82, 2.24) is 14.7 Å². The first kappa shape index (κ1) is 12.6. The smallest absolute Gasteiger partial charge is 0.220 e. The van der Waals surface area contributed by atoms with Crippen LogP contribution in [0.1, 0.15) is 37.6 Å². The van der Waals surface area contributed by atoms with Crippen molar-refractivity contribution in [3.8, 4) is 0 Å². The maximum Gasteiger partial charge on any atom is 0.220 e. The fourth-order valence-corrected chi connectivity index (χ4v) is 1.99. The molecule has 2 aromatic heterocycles. The normalized spacial score (nSPS) is 10.8. The van der Waals surface area contributed by atoms with Crippen LogP contribution in [0.5, 0.6) is 0 Å². The van der Waals surface area contributed by atoms with Gasteiger partial charge in [-0.15, -0.1) is 0 Å². The largest absolute Gasteiger partial charge is 0.350 e. The maximum atomic E-state index is 11.6. The summed E-state index contributed by atoms with van der Waals surface area (Å²) in [6.07, 6.45) is 4.56. The van der Waals surface area contributed by atoms with E-state index in [0.29, 0.717) is 13.0 Å². The van der Waals surface area contributed by atoms with Gasteiger partial charge in [0.1, 0.15) is 5.65 Å². The molecule has 1 amide bonds. The second-order valence-electron chi connectivity index (χ2n) is 4.45. The number of nitrogens with one attached hydrogen (secondary N) is 1. The van der Waals surface area contributed by atoms with Crippen molar-refractivity contribution in [2.45, 2.75) is 39.7 Å². The minimum absolute atomic E-state index is 0.113. The molecule has 0 radical (unpaired) electrons. The third-order valence-corrected chi connectivity index (χ3v) is 3.04. The number of hydrogen-bond donors (Lipinski definition) is 1. The van der Waals surface area contributed by atoms with Gasteiger partial charge in [-0.2, -0.15) is 0 Å². The fraction of sp³-hybridized carbons (Fsp3) is 0.429. The minimum atomic E-state index is 0.113. The lowest BCUT2D eigenvalue weighted by atomic mass is 10.2. The van der Waals surface area contributed by atoms with Gasteiger partial charge in [-0.1, -0.05) is 19.4 Å². The van der Waals surface area contributed by atoms with Crippen molar-refractivity contribution in [3.63, 3.8) is 0 Å². The van der Waals surface area contributed by atoms with Gasteiger partial charge in [-0.3, -0.25) is 4.79 Å². The van der Waals surface area contributed by atoms with Crippen LogP contribution >= 0.6 is 0 Å². The molecule has 0 spiro atoms. The summed E-state index contributed by atoms with van der Waals surface area (Å²) in [4.78, 5) is 16.1. The Kier molecular flexibility index (Phi) is 3.97. The van der Waals surface area contributed by atoms with Crippen molar-refractivity contribution < 1.29 is 4.79 Å². The highest BCUT2D eigenvalue weighted by Gasteiger charge is 2.09. The molecule has 0 unspecified atom stereocenters. The molecule has 2 heterocycles. The topological polar surface area (TPSA) is 46.4 Å². The fourth-order valence-electron chi connectivity index (χ4n) is 1.99. The SMILES string of the molecule is CCCCC(=O)NCc1c(C)nc2ccccn12. The van der Waals surface area contributed by atoms with E-state index in [4.69, 9.17) is 0 Å². The predicted molar refractivity (Wildman–Crippen MR) is 71.3 cm³/mol. The lowest BCUT2D eigenvalue weighted by Crippen LogP contribution is -2.23. The van der Waals surface area contributed by atoms with Gasteiger partial charge in [0, 0.05) is 12.6 Å². The summed E-state index contributed by atoms with van der Waals surface area (Å²) in [7, 11) is 0. The lowest BCUT2D eigenvalue weighted by Gasteiger charge is -2.05. The quantitative estimate of drug-likeness (QED) is 0.879. The Morgan fingerprint density at radius 2 is 2.28 bits per heavy atom. The van der Waals surface area contributed by atoms with Crippen LogP contribution in [0.4, 0.5) is 0 Å². The number of fused-ring (bicyclic) bond motifs is 1. The highest BCUT2D eigenvalue weighted by Crippen LogP contribution is 2.11. The average molecular weight is 245 g/mol. The average Bonchev–Trinajstić information content (AvgIpc) is 2.69. The van der Waals surface area contributed by atoms with Crippen LogP contribution in [0.15, 0.2) is 24.4 Å². The summed E-state index contributed by atoms with van der Waals surface area (Å²) in [6.45, 7) is 4.60. The van der Waals surface area contributed by atoms with Crippen LogP contribution in [0.3, 0.4) is 0 Å². The van der Waals surface area contributed by atoms with E-state index in [1.54, 1.807) is 0 Å². The van der Waals surface area contributed by atoms with E-state index >= 15 is 0 Å². The number of aryl methyl sites for hydroxylation is 1. The molecule has 2 aromatic rings. The molecule has 4 nitrogen and oxygen atoms in total. The number of unbranched alkanes of at least 4 members (excludes halogenated alkanes) is 1. The third kappa shape index (κ3) is 2.70. The molecule has 0 bridgehead atoms. The van der Waals surface area contributed by atoms with Crippen LogP contribution in [0.25, 0.3) is 5.65 Å². The number of aromatic nitrogens is 2. The molecule has 0 aliphatic rings. The van der Waals surface area contributed by atoms with Gasteiger partial charge < -0.3 is 9.72 Å². The monoisotopic (exact) mass is 245 g/mol. The zero-order valence-electron chi connectivity index (χ0n) is 10.9. The van der Waals surface area contributed by atoms with Gasteiger partial charge in [-0.25, -0.2) is 4.98 Å².